The van der Waals surface area contributed by atoms with Crippen molar-refractivity contribution >= 4 is 0 Å². The van der Waals surface area contributed by atoms with Crippen LogP contribution in [0.15, 0.2) is 18.2 Å². The van der Waals surface area contributed by atoms with Gasteiger partial charge in [0.15, 0.2) is 11.5 Å². The molecule has 19 heavy (non-hydrogen) atoms. The molecule has 2 aliphatic rings. The third kappa shape index (κ3) is 3.03. The normalized spacial score (nSPS) is 18.8. The van der Waals surface area contributed by atoms with Crippen LogP contribution in [0.3, 0.4) is 0 Å². The molecule has 0 aromatic heterocycles. The van der Waals surface area contributed by atoms with Gasteiger partial charge in [0.25, 0.3) is 0 Å². The number of phenols is 1. The van der Waals surface area contributed by atoms with Crippen molar-refractivity contribution in [1.82, 2.24) is 5.32 Å². The molecule has 0 bridgehead atoms. The van der Waals surface area contributed by atoms with Crippen LogP contribution in [0.2, 0.25) is 0 Å². The molecule has 0 atom stereocenters. The van der Waals surface area contributed by atoms with Crippen LogP contribution in [0.25, 0.3) is 0 Å². The number of hydrogen-bond acceptors (Lipinski definition) is 3. The minimum atomic E-state index is 0.270. The molecule has 3 nitrogen and oxygen atoms in total. The van der Waals surface area contributed by atoms with Crippen LogP contribution >= 0.6 is 0 Å². The van der Waals surface area contributed by atoms with E-state index in [0.29, 0.717) is 5.75 Å². The minimum Gasteiger partial charge on any atom is -0.504 e. The van der Waals surface area contributed by atoms with Gasteiger partial charge in [0.2, 0.25) is 0 Å². The van der Waals surface area contributed by atoms with E-state index in [4.69, 9.17) is 4.74 Å². The first kappa shape index (κ1) is 12.8. The fourth-order valence-electron chi connectivity index (χ4n) is 3.02. The maximum atomic E-state index is 10.0. The first-order valence-corrected chi connectivity index (χ1v) is 7.35. The lowest BCUT2D eigenvalue weighted by atomic mass is 9.98. The molecule has 104 valence electrons. The van der Waals surface area contributed by atoms with Gasteiger partial charge in [-0.15, -0.1) is 0 Å². The van der Waals surface area contributed by atoms with E-state index < -0.39 is 0 Å². The van der Waals surface area contributed by atoms with E-state index in [1.165, 1.54) is 25.7 Å². The van der Waals surface area contributed by atoms with Gasteiger partial charge in [-0.2, -0.15) is 0 Å². The smallest absolute Gasteiger partial charge is 0.162 e. The highest BCUT2D eigenvalue weighted by molar-refractivity contribution is 5.45. The largest absolute Gasteiger partial charge is 0.504 e. The molecule has 3 heteroatoms. The summed E-state index contributed by atoms with van der Waals surface area (Å²) in [7, 11) is 1.59. The Morgan fingerprint density at radius 1 is 1.26 bits per heavy atom. The third-order valence-corrected chi connectivity index (χ3v) is 4.45. The van der Waals surface area contributed by atoms with Crippen molar-refractivity contribution in [3.05, 3.63) is 23.8 Å². The van der Waals surface area contributed by atoms with Gasteiger partial charge in [-0.1, -0.05) is 12.1 Å². The van der Waals surface area contributed by atoms with Gasteiger partial charge in [0.05, 0.1) is 7.11 Å². The topological polar surface area (TPSA) is 41.5 Å². The van der Waals surface area contributed by atoms with Crippen LogP contribution in [-0.4, -0.2) is 18.8 Å². The molecule has 1 aromatic rings. The molecule has 3 rings (SSSR count). The molecule has 0 heterocycles. The number of para-hydroxylation sites is 1. The molecule has 0 amide bonds. The number of methoxy groups -OCH3 is 1. The lowest BCUT2D eigenvalue weighted by molar-refractivity contribution is 0.362. The number of hydrogen-bond donors (Lipinski definition) is 2. The maximum Gasteiger partial charge on any atom is 0.162 e. The maximum absolute atomic E-state index is 10.0. The van der Waals surface area contributed by atoms with Crippen molar-refractivity contribution in [3.8, 4) is 11.5 Å². The van der Waals surface area contributed by atoms with E-state index in [9.17, 15) is 5.11 Å². The first-order valence-electron chi connectivity index (χ1n) is 7.35. The molecule has 2 saturated carbocycles. The Bertz CT molecular complexity index is 426. The summed E-state index contributed by atoms with van der Waals surface area (Å²) in [6, 6.07) is 5.67. The molecule has 2 fully saturated rings. The second-order valence-electron chi connectivity index (χ2n) is 5.94. The summed E-state index contributed by atoms with van der Waals surface area (Å²) in [5.74, 6) is 3.64. The van der Waals surface area contributed by atoms with Crippen molar-refractivity contribution in [2.24, 2.45) is 17.8 Å². The van der Waals surface area contributed by atoms with Gasteiger partial charge < -0.3 is 15.2 Å². The van der Waals surface area contributed by atoms with Crippen LogP contribution in [-0.2, 0) is 6.54 Å². The van der Waals surface area contributed by atoms with Crippen LogP contribution < -0.4 is 10.1 Å². The van der Waals surface area contributed by atoms with Crippen LogP contribution in [0.4, 0.5) is 0 Å². The summed E-state index contributed by atoms with van der Waals surface area (Å²) >= 11 is 0. The van der Waals surface area contributed by atoms with Crippen molar-refractivity contribution < 1.29 is 9.84 Å². The van der Waals surface area contributed by atoms with E-state index in [1.807, 2.05) is 12.1 Å². The fraction of sp³-hybridized carbons (Fsp3) is 0.625. The molecule has 0 aliphatic heterocycles. The highest BCUT2D eigenvalue weighted by atomic mass is 16.5. The highest BCUT2D eigenvalue weighted by Gasteiger charge is 2.40. The molecule has 2 aliphatic carbocycles. The number of benzene rings is 1. The molecule has 0 unspecified atom stereocenters. The predicted octanol–water partition coefficient (Wildman–Crippen LogP) is 2.93. The van der Waals surface area contributed by atoms with Gasteiger partial charge >= 0.3 is 0 Å². The van der Waals surface area contributed by atoms with E-state index in [0.717, 1.165) is 36.4 Å². The zero-order valence-corrected chi connectivity index (χ0v) is 11.6. The number of ether oxygens (including phenoxy) is 1. The molecule has 1 aromatic carbocycles. The van der Waals surface area contributed by atoms with Crippen LogP contribution in [0.1, 0.15) is 31.2 Å². The number of aromatic hydroxyl groups is 1. The monoisotopic (exact) mass is 261 g/mol. The Hall–Kier alpha value is -1.22. The Kier molecular flexibility index (Phi) is 3.65. The van der Waals surface area contributed by atoms with Crippen molar-refractivity contribution in [2.45, 2.75) is 32.2 Å². The predicted molar refractivity (Wildman–Crippen MR) is 75.3 cm³/mol. The van der Waals surface area contributed by atoms with E-state index in [1.54, 1.807) is 13.2 Å². The summed E-state index contributed by atoms with van der Waals surface area (Å²) in [4.78, 5) is 0. The number of nitrogens with one attached hydrogen (secondary N) is 1. The van der Waals surface area contributed by atoms with E-state index in [-0.39, 0.29) is 5.75 Å². The van der Waals surface area contributed by atoms with Gasteiger partial charge in [-0.25, -0.2) is 0 Å². The standard InChI is InChI=1S/C16H23NO2/c1-19-15-4-2-3-13(16(15)18)9-17-10-14(11-5-6-11)12-7-8-12/h2-4,11-12,14,17-18H,5-10H2,1H3. The van der Waals surface area contributed by atoms with Crippen molar-refractivity contribution in [3.63, 3.8) is 0 Å². The number of phenolic OH excluding ortho intramolecular Hbond substituents is 1. The average Bonchev–Trinajstić information content (AvgIpc) is 3.28. The zero-order chi connectivity index (χ0) is 13.2. The molecule has 2 N–H and O–H groups in total. The lowest BCUT2D eigenvalue weighted by Gasteiger charge is -2.17. The molecule has 0 saturated heterocycles. The second-order valence-corrected chi connectivity index (χ2v) is 5.94. The van der Waals surface area contributed by atoms with Crippen molar-refractivity contribution in [2.75, 3.05) is 13.7 Å². The van der Waals surface area contributed by atoms with E-state index in [2.05, 4.69) is 5.32 Å². The van der Waals surface area contributed by atoms with Gasteiger partial charge in [0.1, 0.15) is 0 Å². The van der Waals surface area contributed by atoms with Crippen LogP contribution in [0.5, 0.6) is 11.5 Å². The Morgan fingerprint density at radius 2 is 1.95 bits per heavy atom. The van der Waals surface area contributed by atoms with Gasteiger partial charge in [-0.05, 0) is 56.0 Å². The fourth-order valence-corrected chi connectivity index (χ4v) is 3.02. The third-order valence-electron chi connectivity index (χ3n) is 4.45. The summed E-state index contributed by atoms with van der Waals surface area (Å²) in [6.45, 7) is 1.81. The summed E-state index contributed by atoms with van der Waals surface area (Å²) in [5, 5.41) is 13.6. The highest BCUT2D eigenvalue weighted by Crippen LogP contribution is 2.48. The minimum absolute atomic E-state index is 0.270. The molecular formula is C16H23NO2. The first-order chi connectivity index (χ1) is 9.29. The Balaban J connectivity index is 1.54. The van der Waals surface area contributed by atoms with Crippen molar-refractivity contribution in [1.29, 1.82) is 0 Å². The zero-order valence-electron chi connectivity index (χ0n) is 11.6. The molecule has 0 radical (unpaired) electrons. The number of rotatable bonds is 7. The summed E-state index contributed by atoms with van der Waals surface area (Å²) in [5.41, 5.74) is 0.921. The molecule has 0 spiro atoms. The SMILES string of the molecule is COc1cccc(CNCC(C2CC2)C2CC2)c1O. The van der Waals surface area contributed by atoms with Crippen LogP contribution in [0, 0.1) is 17.8 Å². The average molecular weight is 261 g/mol. The second kappa shape index (κ2) is 5.41. The Labute approximate surface area is 115 Å². The van der Waals surface area contributed by atoms with E-state index >= 15 is 0 Å². The lowest BCUT2D eigenvalue weighted by Crippen LogP contribution is -2.25. The summed E-state index contributed by atoms with van der Waals surface area (Å²) < 4.78 is 5.13. The molecular weight excluding hydrogens is 238 g/mol. The van der Waals surface area contributed by atoms with Gasteiger partial charge in [0, 0.05) is 12.1 Å². The summed E-state index contributed by atoms with van der Waals surface area (Å²) in [6.07, 6.45) is 5.70. The Morgan fingerprint density at radius 3 is 2.53 bits per heavy atom. The van der Waals surface area contributed by atoms with Gasteiger partial charge in [-0.3, -0.25) is 0 Å². The quantitative estimate of drug-likeness (QED) is 0.793.